The minimum atomic E-state index is -0.410. The molecule has 0 unspecified atom stereocenters. The van der Waals surface area contributed by atoms with E-state index < -0.39 is 5.97 Å². The third-order valence-corrected chi connectivity index (χ3v) is 2.56. The number of rotatable bonds is 5. The fourth-order valence-corrected chi connectivity index (χ4v) is 1.79. The average molecular weight is 251 g/mol. The van der Waals surface area contributed by atoms with Crippen molar-refractivity contribution in [2.45, 2.75) is 20.8 Å². The molecule has 5 nitrogen and oxygen atoms in total. The highest BCUT2D eigenvalue weighted by Gasteiger charge is 2.18. The Kier molecular flexibility index (Phi) is 4.95. The lowest BCUT2D eigenvalue weighted by atomic mass is 10.1. The van der Waals surface area contributed by atoms with Crippen LogP contribution in [0.2, 0.25) is 0 Å². The Morgan fingerprint density at radius 1 is 1.56 bits per heavy atom. The van der Waals surface area contributed by atoms with Gasteiger partial charge in [-0.1, -0.05) is 13.8 Å². The predicted molar refractivity (Wildman–Crippen MR) is 72.7 cm³/mol. The second-order valence-corrected chi connectivity index (χ2v) is 4.56. The van der Waals surface area contributed by atoms with Gasteiger partial charge in [-0.05, 0) is 18.9 Å². The van der Waals surface area contributed by atoms with E-state index in [-0.39, 0.29) is 0 Å². The maximum absolute atomic E-state index is 11.7. The number of carbonyl (C=O) groups excluding carboxylic acids is 1. The molecule has 0 aliphatic rings. The lowest BCUT2D eigenvalue weighted by Gasteiger charge is -2.25. The van der Waals surface area contributed by atoms with E-state index in [1.54, 1.807) is 12.3 Å². The van der Waals surface area contributed by atoms with E-state index in [4.69, 9.17) is 10.5 Å². The molecule has 0 bridgehead atoms. The molecule has 0 aliphatic carbocycles. The maximum Gasteiger partial charge on any atom is 0.341 e. The van der Waals surface area contributed by atoms with Crippen molar-refractivity contribution < 1.29 is 9.53 Å². The molecule has 0 saturated heterocycles. The Balaban J connectivity index is 3.16. The number of hydrogen-bond donors (Lipinski definition) is 1. The lowest BCUT2D eigenvalue weighted by molar-refractivity contribution is 0.0601. The fourth-order valence-electron chi connectivity index (χ4n) is 1.79. The smallest absolute Gasteiger partial charge is 0.341 e. The van der Waals surface area contributed by atoms with Crippen molar-refractivity contribution in [1.82, 2.24) is 4.98 Å². The van der Waals surface area contributed by atoms with Crippen LogP contribution in [0.1, 0.15) is 31.1 Å². The fraction of sp³-hybridized carbons (Fsp3) is 0.538. The first-order valence-electron chi connectivity index (χ1n) is 6.08. The molecule has 0 spiro atoms. The first-order chi connectivity index (χ1) is 8.49. The molecule has 1 rings (SSSR count). The molecule has 100 valence electrons. The van der Waals surface area contributed by atoms with Crippen molar-refractivity contribution in [3.05, 3.63) is 17.8 Å². The first kappa shape index (κ1) is 14.3. The molecule has 18 heavy (non-hydrogen) atoms. The largest absolute Gasteiger partial charge is 0.465 e. The molecule has 0 amide bonds. The number of nitrogens with two attached hydrogens (primary N) is 1. The van der Waals surface area contributed by atoms with Gasteiger partial charge in [0.05, 0.1) is 19.0 Å². The Hall–Kier alpha value is -1.78. The molecule has 0 atom stereocenters. The minimum Gasteiger partial charge on any atom is -0.465 e. The van der Waals surface area contributed by atoms with Crippen LogP contribution in [0, 0.1) is 5.92 Å². The monoisotopic (exact) mass is 251 g/mol. The zero-order valence-electron chi connectivity index (χ0n) is 11.4. The predicted octanol–water partition coefficient (Wildman–Crippen LogP) is 1.93. The van der Waals surface area contributed by atoms with E-state index in [0.717, 1.165) is 13.1 Å². The number of ether oxygens (including phenoxy) is 1. The molecular weight excluding hydrogens is 230 g/mol. The average Bonchev–Trinajstić information content (AvgIpc) is 2.35. The van der Waals surface area contributed by atoms with Gasteiger partial charge in [-0.3, -0.25) is 0 Å². The molecular formula is C13H21N3O2. The number of methoxy groups -OCH3 is 1. The number of hydrogen-bond acceptors (Lipinski definition) is 5. The zero-order valence-corrected chi connectivity index (χ0v) is 11.4. The summed E-state index contributed by atoms with van der Waals surface area (Å²) < 4.78 is 4.77. The normalized spacial score (nSPS) is 10.5. The Labute approximate surface area is 108 Å². The summed E-state index contributed by atoms with van der Waals surface area (Å²) in [6, 6.07) is 1.61. The topological polar surface area (TPSA) is 68.5 Å². The SMILES string of the molecule is CCN(CC(C)C)c1ncc(N)cc1C(=O)OC. The molecule has 2 N–H and O–H groups in total. The van der Waals surface area contributed by atoms with Crippen LogP contribution in [0.4, 0.5) is 11.5 Å². The summed E-state index contributed by atoms with van der Waals surface area (Å²) >= 11 is 0. The second-order valence-electron chi connectivity index (χ2n) is 4.56. The van der Waals surface area contributed by atoms with Gasteiger partial charge >= 0.3 is 5.97 Å². The summed E-state index contributed by atoms with van der Waals surface area (Å²) in [5.41, 5.74) is 6.55. The Bertz CT molecular complexity index is 419. The summed E-state index contributed by atoms with van der Waals surface area (Å²) in [6.07, 6.45) is 1.56. The van der Waals surface area contributed by atoms with Crippen molar-refractivity contribution in [3.8, 4) is 0 Å². The van der Waals surface area contributed by atoms with Crippen LogP contribution in [0.25, 0.3) is 0 Å². The standard InChI is InChI=1S/C13H21N3O2/c1-5-16(8-9(2)3)12-11(13(17)18-4)6-10(14)7-15-12/h6-7,9H,5,8,14H2,1-4H3. The van der Waals surface area contributed by atoms with Crippen LogP contribution in [-0.4, -0.2) is 31.2 Å². The van der Waals surface area contributed by atoms with Crippen LogP contribution in [0.3, 0.4) is 0 Å². The molecule has 5 heteroatoms. The van der Waals surface area contributed by atoms with Crippen molar-refractivity contribution in [2.75, 3.05) is 30.8 Å². The second kappa shape index (κ2) is 6.23. The molecule has 0 aliphatic heterocycles. The molecule has 0 aromatic carbocycles. The van der Waals surface area contributed by atoms with E-state index in [2.05, 4.69) is 23.7 Å². The minimum absolute atomic E-state index is 0.410. The highest BCUT2D eigenvalue weighted by molar-refractivity contribution is 5.95. The summed E-state index contributed by atoms with van der Waals surface area (Å²) in [5, 5.41) is 0. The summed E-state index contributed by atoms with van der Waals surface area (Å²) in [5.74, 6) is 0.703. The van der Waals surface area contributed by atoms with E-state index in [0.29, 0.717) is 23.0 Å². The molecule has 0 fully saturated rings. The van der Waals surface area contributed by atoms with Crippen LogP contribution in [0.5, 0.6) is 0 Å². The number of anilines is 2. The van der Waals surface area contributed by atoms with Gasteiger partial charge in [0.25, 0.3) is 0 Å². The molecule has 0 radical (unpaired) electrons. The third kappa shape index (κ3) is 3.35. The number of esters is 1. The Morgan fingerprint density at radius 3 is 2.72 bits per heavy atom. The van der Waals surface area contributed by atoms with Crippen LogP contribution in [0.15, 0.2) is 12.3 Å². The zero-order chi connectivity index (χ0) is 13.7. The van der Waals surface area contributed by atoms with Gasteiger partial charge in [-0.2, -0.15) is 0 Å². The highest BCUT2D eigenvalue weighted by atomic mass is 16.5. The van der Waals surface area contributed by atoms with Crippen LogP contribution >= 0.6 is 0 Å². The van der Waals surface area contributed by atoms with Gasteiger partial charge in [0.2, 0.25) is 0 Å². The van der Waals surface area contributed by atoms with E-state index in [1.807, 2.05) is 6.92 Å². The van der Waals surface area contributed by atoms with Gasteiger partial charge in [0, 0.05) is 13.1 Å². The number of carbonyl (C=O) groups is 1. The maximum atomic E-state index is 11.7. The van der Waals surface area contributed by atoms with Gasteiger partial charge in [-0.15, -0.1) is 0 Å². The molecule has 1 aromatic heterocycles. The number of pyridine rings is 1. The van der Waals surface area contributed by atoms with Crippen LogP contribution < -0.4 is 10.6 Å². The molecule has 0 saturated carbocycles. The Morgan fingerprint density at radius 2 is 2.22 bits per heavy atom. The van der Waals surface area contributed by atoms with Crippen molar-refractivity contribution >= 4 is 17.5 Å². The molecule has 1 heterocycles. The number of nitrogen functional groups attached to an aromatic ring is 1. The van der Waals surface area contributed by atoms with Gasteiger partial charge in [0.15, 0.2) is 0 Å². The van der Waals surface area contributed by atoms with E-state index in [1.165, 1.54) is 7.11 Å². The van der Waals surface area contributed by atoms with E-state index in [9.17, 15) is 4.79 Å². The van der Waals surface area contributed by atoms with Crippen molar-refractivity contribution in [3.63, 3.8) is 0 Å². The quantitative estimate of drug-likeness (QED) is 0.810. The number of nitrogens with zero attached hydrogens (tertiary/aromatic N) is 2. The van der Waals surface area contributed by atoms with Crippen molar-refractivity contribution in [1.29, 1.82) is 0 Å². The van der Waals surface area contributed by atoms with Gasteiger partial charge in [0.1, 0.15) is 11.4 Å². The highest BCUT2D eigenvalue weighted by Crippen LogP contribution is 2.21. The van der Waals surface area contributed by atoms with Crippen molar-refractivity contribution in [2.24, 2.45) is 5.92 Å². The van der Waals surface area contributed by atoms with Gasteiger partial charge in [-0.25, -0.2) is 9.78 Å². The van der Waals surface area contributed by atoms with Gasteiger partial charge < -0.3 is 15.4 Å². The summed E-state index contributed by atoms with van der Waals surface area (Å²) in [6.45, 7) is 7.88. The summed E-state index contributed by atoms with van der Waals surface area (Å²) in [7, 11) is 1.36. The molecule has 1 aromatic rings. The van der Waals surface area contributed by atoms with Crippen LogP contribution in [-0.2, 0) is 4.74 Å². The first-order valence-corrected chi connectivity index (χ1v) is 6.08. The summed E-state index contributed by atoms with van der Waals surface area (Å²) in [4.78, 5) is 18.1. The third-order valence-electron chi connectivity index (χ3n) is 2.56. The van der Waals surface area contributed by atoms with E-state index >= 15 is 0 Å². The lowest BCUT2D eigenvalue weighted by Crippen LogP contribution is -2.30. The number of aromatic nitrogens is 1.